The molecule has 0 saturated heterocycles. The smallest absolute Gasteiger partial charge is 0.325 e. The number of H-pyrrole nitrogens is 1. The van der Waals surface area contributed by atoms with Crippen LogP contribution < -0.4 is 17.0 Å². The van der Waals surface area contributed by atoms with Gasteiger partial charge < -0.3 is 5.73 Å². The zero-order valence-electron chi connectivity index (χ0n) is 8.98. The van der Waals surface area contributed by atoms with Gasteiger partial charge in [0, 0.05) is 6.54 Å². The zero-order valence-corrected chi connectivity index (χ0v) is 8.98. The first-order valence-electron chi connectivity index (χ1n) is 4.91. The molecule has 1 aromatic carbocycles. The molecule has 2 rings (SSSR count). The molecule has 1 heterocycles. The average Bonchev–Trinajstić information content (AvgIpc) is 2.31. The van der Waals surface area contributed by atoms with E-state index in [0.717, 1.165) is 18.2 Å². The van der Waals surface area contributed by atoms with Crippen molar-refractivity contribution in [3.05, 3.63) is 56.4 Å². The minimum Gasteiger partial charge on any atom is -0.325 e. The van der Waals surface area contributed by atoms with Crippen molar-refractivity contribution < 1.29 is 8.78 Å². The Labute approximate surface area is 98.7 Å². The summed E-state index contributed by atoms with van der Waals surface area (Å²) in [7, 11) is 0. The highest BCUT2D eigenvalue weighted by atomic mass is 19.1. The monoisotopic (exact) mass is 254 g/mol. The second kappa shape index (κ2) is 4.49. The lowest BCUT2D eigenvalue weighted by atomic mass is 10.3. The number of hydrogen-bond acceptors (Lipinski definition) is 4. The van der Waals surface area contributed by atoms with Crippen LogP contribution in [0.5, 0.6) is 0 Å². The van der Waals surface area contributed by atoms with Gasteiger partial charge in [-0.25, -0.2) is 13.6 Å². The Bertz CT molecular complexity index is 688. The van der Waals surface area contributed by atoms with Crippen molar-refractivity contribution in [3.8, 4) is 5.69 Å². The van der Waals surface area contributed by atoms with Gasteiger partial charge in [-0.2, -0.15) is 9.78 Å². The molecule has 1 aromatic heterocycles. The first kappa shape index (κ1) is 12.1. The number of halogens is 2. The Morgan fingerprint density at radius 3 is 2.44 bits per heavy atom. The van der Waals surface area contributed by atoms with Crippen LogP contribution in [0.1, 0.15) is 5.69 Å². The molecule has 0 bridgehead atoms. The summed E-state index contributed by atoms with van der Waals surface area (Å²) in [5.41, 5.74) is 2.56. The maximum atomic E-state index is 13.5. The van der Waals surface area contributed by atoms with Crippen LogP contribution in [0, 0.1) is 11.6 Å². The molecule has 0 atom stereocenters. The predicted molar refractivity (Wildman–Crippen MR) is 58.3 cm³/mol. The summed E-state index contributed by atoms with van der Waals surface area (Å²) < 4.78 is 27.4. The van der Waals surface area contributed by atoms with Crippen molar-refractivity contribution in [2.75, 3.05) is 0 Å². The maximum absolute atomic E-state index is 13.5. The Morgan fingerprint density at radius 2 is 1.89 bits per heavy atom. The molecule has 94 valence electrons. The standard InChI is InChI=1S/C10H8F2N4O2/c11-5-2-1-3-6(12)8(5)16-10(18)14-9(17)7(4-13)15-16/h1-3H,4,13H2,(H,14,17,18). The molecule has 0 aliphatic heterocycles. The Kier molecular flexibility index (Phi) is 3.02. The molecule has 0 fully saturated rings. The minimum absolute atomic E-state index is 0.197. The van der Waals surface area contributed by atoms with Crippen LogP contribution in [0.4, 0.5) is 8.78 Å². The molecule has 0 radical (unpaired) electrons. The largest absolute Gasteiger partial charge is 0.349 e. The van der Waals surface area contributed by atoms with Crippen LogP contribution >= 0.6 is 0 Å². The number of nitrogens with one attached hydrogen (secondary N) is 1. The highest BCUT2D eigenvalue weighted by Crippen LogP contribution is 2.14. The Morgan fingerprint density at radius 1 is 1.28 bits per heavy atom. The fourth-order valence-corrected chi connectivity index (χ4v) is 1.41. The highest BCUT2D eigenvalue weighted by Gasteiger charge is 2.15. The fourth-order valence-electron chi connectivity index (χ4n) is 1.41. The molecule has 0 saturated carbocycles. The average molecular weight is 254 g/mol. The van der Waals surface area contributed by atoms with Crippen molar-refractivity contribution in [2.45, 2.75) is 6.54 Å². The summed E-state index contributed by atoms with van der Waals surface area (Å²) in [4.78, 5) is 24.6. The van der Waals surface area contributed by atoms with E-state index < -0.39 is 28.6 Å². The summed E-state index contributed by atoms with van der Waals surface area (Å²) in [6, 6.07) is 3.09. The molecular weight excluding hydrogens is 246 g/mol. The van der Waals surface area contributed by atoms with E-state index in [1.807, 2.05) is 4.98 Å². The van der Waals surface area contributed by atoms with E-state index in [4.69, 9.17) is 5.73 Å². The molecule has 18 heavy (non-hydrogen) atoms. The number of rotatable bonds is 2. The topological polar surface area (TPSA) is 93.8 Å². The molecule has 3 N–H and O–H groups in total. The van der Waals surface area contributed by atoms with Gasteiger partial charge in [0.1, 0.15) is 11.4 Å². The van der Waals surface area contributed by atoms with Gasteiger partial charge in [-0.3, -0.25) is 9.78 Å². The lowest BCUT2D eigenvalue weighted by Crippen LogP contribution is -2.35. The van der Waals surface area contributed by atoms with Crippen molar-refractivity contribution >= 4 is 0 Å². The van der Waals surface area contributed by atoms with Gasteiger partial charge in [-0.15, -0.1) is 0 Å². The summed E-state index contributed by atoms with van der Waals surface area (Å²) in [6.07, 6.45) is 0. The third kappa shape index (κ3) is 1.93. The van der Waals surface area contributed by atoms with E-state index in [2.05, 4.69) is 5.10 Å². The number of aromatic amines is 1. The normalized spacial score (nSPS) is 10.6. The maximum Gasteiger partial charge on any atom is 0.349 e. The van der Waals surface area contributed by atoms with Crippen LogP contribution in [0.3, 0.4) is 0 Å². The van der Waals surface area contributed by atoms with Crippen LogP contribution in [-0.2, 0) is 6.54 Å². The van der Waals surface area contributed by atoms with Gasteiger partial charge in [-0.1, -0.05) is 6.07 Å². The number of para-hydroxylation sites is 1. The van der Waals surface area contributed by atoms with Crippen LogP contribution in [0.25, 0.3) is 5.69 Å². The second-order valence-electron chi connectivity index (χ2n) is 3.39. The Hall–Kier alpha value is -2.35. The molecule has 0 aliphatic carbocycles. The van der Waals surface area contributed by atoms with Crippen molar-refractivity contribution in [1.29, 1.82) is 0 Å². The number of nitrogens with two attached hydrogens (primary N) is 1. The molecule has 6 nitrogen and oxygen atoms in total. The van der Waals surface area contributed by atoms with E-state index in [0.29, 0.717) is 4.68 Å². The third-order valence-corrected chi connectivity index (χ3v) is 2.24. The number of aromatic nitrogens is 3. The summed E-state index contributed by atoms with van der Waals surface area (Å²) in [5, 5.41) is 3.54. The minimum atomic E-state index is -1.04. The lowest BCUT2D eigenvalue weighted by Gasteiger charge is -2.07. The van der Waals surface area contributed by atoms with Crippen LogP contribution in [-0.4, -0.2) is 14.8 Å². The number of benzene rings is 1. The molecule has 2 aromatic rings. The second-order valence-corrected chi connectivity index (χ2v) is 3.39. The zero-order chi connectivity index (χ0) is 13.3. The van der Waals surface area contributed by atoms with Crippen LogP contribution in [0.15, 0.2) is 27.8 Å². The van der Waals surface area contributed by atoms with Crippen molar-refractivity contribution in [1.82, 2.24) is 14.8 Å². The van der Waals surface area contributed by atoms with E-state index in [9.17, 15) is 18.4 Å². The van der Waals surface area contributed by atoms with Crippen molar-refractivity contribution in [3.63, 3.8) is 0 Å². The molecule has 0 amide bonds. The van der Waals surface area contributed by atoms with Gasteiger partial charge in [0.2, 0.25) is 0 Å². The molecule has 0 spiro atoms. The number of hydrogen-bond donors (Lipinski definition) is 2. The Balaban J connectivity index is 2.80. The van der Waals surface area contributed by atoms with Gasteiger partial charge in [-0.05, 0) is 12.1 Å². The van der Waals surface area contributed by atoms with Gasteiger partial charge in [0.15, 0.2) is 11.6 Å². The predicted octanol–water partition coefficient (Wildman–Crippen LogP) is -0.342. The molecule has 0 aliphatic rings. The SMILES string of the molecule is NCc1nn(-c2c(F)cccc2F)c(=O)[nH]c1=O. The first-order chi connectivity index (χ1) is 8.54. The van der Waals surface area contributed by atoms with Gasteiger partial charge in [0.25, 0.3) is 5.56 Å². The summed E-state index contributed by atoms with van der Waals surface area (Å²) >= 11 is 0. The summed E-state index contributed by atoms with van der Waals surface area (Å²) in [5.74, 6) is -1.95. The molecular formula is C10H8F2N4O2. The van der Waals surface area contributed by atoms with E-state index >= 15 is 0 Å². The molecule has 0 unspecified atom stereocenters. The quantitative estimate of drug-likeness (QED) is 0.766. The first-order valence-corrected chi connectivity index (χ1v) is 4.91. The van der Waals surface area contributed by atoms with E-state index in [1.165, 1.54) is 0 Å². The molecule has 8 heteroatoms. The third-order valence-electron chi connectivity index (χ3n) is 2.24. The fraction of sp³-hybridized carbons (Fsp3) is 0.100. The summed E-state index contributed by atoms with van der Waals surface area (Å²) in [6.45, 7) is -0.258. The number of nitrogens with zero attached hydrogens (tertiary/aromatic N) is 2. The van der Waals surface area contributed by atoms with E-state index in [-0.39, 0.29) is 12.2 Å². The van der Waals surface area contributed by atoms with E-state index in [1.54, 1.807) is 0 Å². The van der Waals surface area contributed by atoms with Gasteiger partial charge >= 0.3 is 5.69 Å². The van der Waals surface area contributed by atoms with Gasteiger partial charge in [0.05, 0.1) is 0 Å². The highest BCUT2D eigenvalue weighted by molar-refractivity contribution is 5.33. The van der Waals surface area contributed by atoms with Crippen LogP contribution in [0.2, 0.25) is 0 Å². The van der Waals surface area contributed by atoms with Crippen molar-refractivity contribution in [2.24, 2.45) is 5.73 Å². The lowest BCUT2D eigenvalue weighted by molar-refractivity contribution is 0.545.